The summed E-state index contributed by atoms with van der Waals surface area (Å²) in [5.41, 5.74) is 2.32. The lowest BCUT2D eigenvalue weighted by Crippen LogP contribution is -2.32. The quantitative estimate of drug-likeness (QED) is 0.372. The topological polar surface area (TPSA) is 94.2 Å². The molecule has 9 heteroatoms. The van der Waals surface area contributed by atoms with E-state index in [-0.39, 0.29) is 36.8 Å². The lowest BCUT2D eigenvalue weighted by molar-refractivity contribution is -0.123. The van der Waals surface area contributed by atoms with Gasteiger partial charge in [-0.05, 0) is 66.2 Å². The molecule has 1 aliphatic rings. The minimum atomic E-state index is -0.376. The summed E-state index contributed by atoms with van der Waals surface area (Å²) >= 11 is 0.875. The standard InChI is InChI=1S/C28H26N2O6S/c1-19-8-6-7-11-22(19)29-26(31)18-36-23-13-12-20(16-24(23)34-2)17-25-27(32)30(28(33)37-25)14-15-35-21-9-4-3-5-10-21/h3-13,16-17H,14-15,18H2,1-2H3,(H,29,31)/b25-17-. The number of imide groups is 1. The number of thioether (sulfide) groups is 1. The zero-order chi connectivity index (χ0) is 26.2. The Hall–Kier alpha value is -4.24. The first-order valence-corrected chi connectivity index (χ1v) is 12.4. The number of rotatable bonds is 10. The van der Waals surface area contributed by atoms with Gasteiger partial charge in [0.15, 0.2) is 18.1 Å². The number of nitrogens with zero attached hydrogens (tertiary/aromatic N) is 1. The average Bonchev–Trinajstić information content (AvgIpc) is 3.17. The number of carbonyl (C=O) groups is 3. The maximum absolute atomic E-state index is 12.8. The molecule has 1 saturated heterocycles. The Labute approximate surface area is 219 Å². The summed E-state index contributed by atoms with van der Waals surface area (Å²) in [6, 6.07) is 21.7. The summed E-state index contributed by atoms with van der Waals surface area (Å²) in [5, 5.41) is 2.47. The van der Waals surface area contributed by atoms with Crippen molar-refractivity contribution >= 4 is 40.6 Å². The highest BCUT2D eigenvalue weighted by molar-refractivity contribution is 8.18. The maximum Gasteiger partial charge on any atom is 0.293 e. The van der Waals surface area contributed by atoms with Crippen molar-refractivity contribution in [2.24, 2.45) is 0 Å². The minimum Gasteiger partial charge on any atom is -0.493 e. The molecule has 0 bridgehead atoms. The molecule has 0 aliphatic carbocycles. The molecule has 8 nitrogen and oxygen atoms in total. The summed E-state index contributed by atoms with van der Waals surface area (Å²) in [6.45, 7) is 2.06. The molecule has 0 unspecified atom stereocenters. The van der Waals surface area contributed by atoms with Crippen molar-refractivity contribution < 1.29 is 28.6 Å². The van der Waals surface area contributed by atoms with Gasteiger partial charge in [-0.25, -0.2) is 0 Å². The molecule has 190 valence electrons. The molecule has 0 spiro atoms. The molecule has 1 aliphatic heterocycles. The Bertz CT molecular complexity index is 1330. The van der Waals surface area contributed by atoms with Gasteiger partial charge in [0.05, 0.1) is 18.6 Å². The van der Waals surface area contributed by atoms with Gasteiger partial charge in [-0.15, -0.1) is 0 Å². The molecular weight excluding hydrogens is 492 g/mol. The largest absolute Gasteiger partial charge is 0.493 e. The van der Waals surface area contributed by atoms with E-state index in [1.165, 1.54) is 12.0 Å². The number of methoxy groups -OCH3 is 1. The summed E-state index contributed by atoms with van der Waals surface area (Å²) < 4.78 is 16.7. The molecule has 3 aromatic rings. The lowest BCUT2D eigenvalue weighted by Gasteiger charge is -2.13. The highest BCUT2D eigenvalue weighted by atomic mass is 32.2. The zero-order valence-electron chi connectivity index (χ0n) is 20.4. The highest BCUT2D eigenvalue weighted by Crippen LogP contribution is 2.34. The zero-order valence-corrected chi connectivity index (χ0v) is 21.2. The van der Waals surface area contributed by atoms with Crippen molar-refractivity contribution in [3.63, 3.8) is 0 Å². The summed E-state index contributed by atoms with van der Waals surface area (Å²) in [4.78, 5) is 39.0. The van der Waals surface area contributed by atoms with Gasteiger partial charge in [-0.2, -0.15) is 0 Å². The van der Waals surface area contributed by atoms with Gasteiger partial charge in [0.2, 0.25) is 0 Å². The molecule has 0 atom stereocenters. The third-order valence-corrected chi connectivity index (χ3v) is 6.37. The molecule has 1 fully saturated rings. The van der Waals surface area contributed by atoms with Crippen LogP contribution in [0.25, 0.3) is 6.08 Å². The van der Waals surface area contributed by atoms with Gasteiger partial charge >= 0.3 is 0 Å². The van der Waals surface area contributed by atoms with E-state index in [0.29, 0.717) is 27.7 Å². The highest BCUT2D eigenvalue weighted by Gasteiger charge is 2.34. The van der Waals surface area contributed by atoms with Crippen LogP contribution < -0.4 is 19.5 Å². The number of anilines is 1. The molecule has 0 aromatic heterocycles. The van der Waals surface area contributed by atoms with Crippen LogP contribution in [0.1, 0.15) is 11.1 Å². The van der Waals surface area contributed by atoms with Crippen molar-refractivity contribution in [3.05, 3.63) is 88.8 Å². The van der Waals surface area contributed by atoms with Crippen LogP contribution in [0.5, 0.6) is 17.2 Å². The number of hydrogen-bond donors (Lipinski definition) is 1. The van der Waals surface area contributed by atoms with E-state index in [1.807, 2.05) is 61.5 Å². The van der Waals surface area contributed by atoms with E-state index in [4.69, 9.17) is 14.2 Å². The van der Waals surface area contributed by atoms with Crippen molar-refractivity contribution in [2.45, 2.75) is 6.92 Å². The number of benzene rings is 3. The lowest BCUT2D eigenvalue weighted by atomic mass is 10.2. The molecule has 1 N–H and O–H groups in total. The number of amides is 3. The van der Waals surface area contributed by atoms with Crippen molar-refractivity contribution in [3.8, 4) is 17.2 Å². The fourth-order valence-electron chi connectivity index (χ4n) is 3.55. The smallest absolute Gasteiger partial charge is 0.293 e. The van der Waals surface area contributed by atoms with Gasteiger partial charge in [-0.1, -0.05) is 42.5 Å². The second-order valence-electron chi connectivity index (χ2n) is 8.06. The Morgan fingerprint density at radius 3 is 2.49 bits per heavy atom. The molecule has 3 amide bonds. The van der Waals surface area contributed by atoms with Crippen LogP contribution in [0.3, 0.4) is 0 Å². The molecule has 0 radical (unpaired) electrons. The number of carbonyl (C=O) groups excluding carboxylic acids is 3. The van der Waals surface area contributed by atoms with Gasteiger partial charge in [0.25, 0.3) is 17.1 Å². The molecular formula is C28H26N2O6S. The Balaban J connectivity index is 1.36. The van der Waals surface area contributed by atoms with Crippen molar-refractivity contribution in [1.82, 2.24) is 4.90 Å². The molecule has 1 heterocycles. The Morgan fingerprint density at radius 1 is 0.973 bits per heavy atom. The van der Waals surface area contributed by atoms with Crippen LogP contribution in [0.4, 0.5) is 10.5 Å². The predicted octanol–water partition coefficient (Wildman–Crippen LogP) is 5.14. The normalized spacial score (nSPS) is 14.1. The molecule has 3 aromatic carbocycles. The number of nitrogens with one attached hydrogen (secondary N) is 1. The molecule has 37 heavy (non-hydrogen) atoms. The van der Waals surface area contributed by atoms with Gasteiger partial charge in [0, 0.05) is 5.69 Å². The second-order valence-corrected chi connectivity index (χ2v) is 9.05. The number of ether oxygens (including phenoxy) is 3. The number of para-hydroxylation sites is 2. The van der Waals surface area contributed by atoms with Crippen LogP contribution in [0.2, 0.25) is 0 Å². The van der Waals surface area contributed by atoms with E-state index >= 15 is 0 Å². The van der Waals surface area contributed by atoms with Gasteiger partial charge < -0.3 is 19.5 Å². The summed E-state index contributed by atoms with van der Waals surface area (Å²) in [5.74, 6) is 0.773. The Morgan fingerprint density at radius 2 is 1.73 bits per heavy atom. The van der Waals surface area contributed by atoms with E-state index in [0.717, 1.165) is 23.0 Å². The van der Waals surface area contributed by atoms with E-state index in [2.05, 4.69) is 5.32 Å². The molecule has 0 saturated carbocycles. The predicted molar refractivity (Wildman–Crippen MR) is 143 cm³/mol. The first kappa shape index (κ1) is 25.8. The number of hydrogen-bond acceptors (Lipinski definition) is 7. The van der Waals surface area contributed by atoms with Gasteiger partial charge in [-0.3, -0.25) is 19.3 Å². The van der Waals surface area contributed by atoms with Crippen LogP contribution in [0, 0.1) is 6.92 Å². The minimum absolute atomic E-state index is 0.150. The Kier molecular flexibility index (Phi) is 8.48. The number of aryl methyl sites for hydroxylation is 1. The van der Waals surface area contributed by atoms with Crippen molar-refractivity contribution in [1.29, 1.82) is 0 Å². The third-order valence-electron chi connectivity index (χ3n) is 5.46. The van der Waals surface area contributed by atoms with E-state index in [1.54, 1.807) is 24.3 Å². The van der Waals surface area contributed by atoms with Crippen LogP contribution >= 0.6 is 11.8 Å². The SMILES string of the molecule is COc1cc(/C=C2\SC(=O)N(CCOc3ccccc3)C2=O)ccc1OCC(=O)Nc1ccccc1C. The summed E-state index contributed by atoms with van der Waals surface area (Å²) in [6.07, 6.45) is 1.63. The van der Waals surface area contributed by atoms with Crippen LogP contribution in [-0.4, -0.2) is 48.8 Å². The fraction of sp³-hybridized carbons (Fsp3) is 0.179. The molecule has 4 rings (SSSR count). The first-order chi connectivity index (χ1) is 17.9. The van der Waals surface area contributed by atoms with E-state index < -0.39 is 0 Å². The first-order valence-electron chi connectivity index (χ1n) is 11.5. The van der Waals surface area contributed by atoms with Gasteiger partial charge in [0.1, 0.15) is 12.4 Å². The fourth-order valence-corrected chi connectivity index (χ4v) is 4.42. The van der Waals surface area contributed by atoms with Crippen LogP contribution in [0.15, 0.2) is 77.7 Å². The average molecular weight is 519 g/mol. The maximum atomic E-state index is 12.8. The second kappa shape index (κ2) is 12.1. The monoisotopic (exact) mass is 518 g/mol. The summed E-state index contributed by atoms with van der Waals surface area (Å²) in [7, 11) is 1.49. The van der Waals surface area contributed by atoms with Crippen molar-refractivity contribution in [2.75, 3.05) is 32.2 Å². The van der Waals surface area contributed by atoms with Crippen LogP contribution in [-0.2, 0) is 9.59 Å². The third kappa shape index (κ3) is 6.71. The van der Waals surface area contributed by atoms with E-state index in [9.17, 15) is 14.4 Å².